The number of carbonyl (C=O) groups is 1. The Bertz CT molecular complexity index is 1060. The fraction of sp³-hybridized carbons (Fsp3) is 0.471. The van der Waals surface area contributed by atoms with Crippen molar-refractivity contribution in [2.45, 2.75) is 33.1 Å². The van der Waals surface area contributed by atoms with E-state index in [0.29, 0.717) is 6.42 Å². The molecule has 0 saturated carbocycles. The van der Waals surface area contributed by atoms with Gasteiger partial charge in [0.05, 0.1) is 21.3 Å². The molecule has 1 rings (SSSR count). The van der Waals surface area contributed by atoms with Gasteiger partial charge in [0.1, 0.15) is 0 Å². The first-order chi connectivity index (χ1) is 14.2. The lowest BCUT2D eigenvalue weighted by molar-refractivity contribution is -0.140. The predicted molar refractivity (Wildman–Crippen MR) is 107 cm³/mol. The van der Waals surface area contributed by atoms with Crippen molar-refractivity contribution in [2.24, 2.45) is 0 Å². The molecule has 0 saturated heterocycles. The van der Waals surface area contributed by atoms with Gasteiger partial charge in [0.25, 0.3) is 0 Å². The molecule has 0 atom stereocenters. The Morgan fingerprint density at radius 1 is 0.871 bits per heavy atom. The van der Waals surface area contributed by atoms with Crippen molar-refractivity contribution < 1.29 is 53.3 Å². The molecule has 0 aliphatic heterocycles. The van der Waals surface area contributed by atoms with E-state index in [1.807, 2.05) is 0 Å². The van der Waals surface area contributed by atoms with E-state index in [1.165, 1.54) is 14.0 Å². The summed E-state index contributed by atoms with van der Waals surface area (Å²) in [6.07, 6.45) is 2.01. The van der Waals surface area contributed by atoms with Gasteiger partial charge < -0.3 is 22.6 Å². The van der Waals surface area contributed by atoms with Gasteiger partial charge in [-0.15, -0.1) is 0 Å². The van der Waals surface area contributed by atoms with Gasteiger partial charge in [-0.05, 0) is 26.7 Å². The van der Waals surface area contributed by atoms with Crippen LogP contribution in [0.2, 0.25) is 0 Å². The van der Waals surface area contributed by atoms with E-state index in [2.05, 4.69) is 13.1 Å². The van der Waals surface area contributed by atoms with Crippen molar-refractivity contribution in [1.29, 1.82) is 0 Å². The molecule has 1 aromatic rings. The quantitative estimate of drug-likeness (QED) is 0.265. The first kappa shape index (κ1) is 26.5. The summed E-state index contributed by atoms with van der Waals surface area (Å²) in [5.74, 6) is -2.17. The predicted octanol–water partition coefficient (Wildman–Crippen LogP) is 1.82. The van der Waals surface area contributed by atoms with Crippen LogP contribution in [-0.2, 0) is 36.8 Å². The molecule has 0 aromatic heterocycles. The second-order valence-electron chi connectivity index (χ2n) is 6.18. The highest BCUT2D eigenvalue weighted by Gasteiger charge is 2.30. The highest BCUT2D eigenvalue weighted by Crippen LogP contribution is 2.50. The fourth-order valence-corrected chi connectivity index (χ4v) is 3.41. The van der Waals surface area contributed by atoms with Crippen LogP contribution in [-0.4, -0.2) is 53.2 Å². The molecule has 0 unspecified atom stereocenters. The minimum Gasteiger partial charge on any atom is -0.490 e. The average molecular weight is 485 g/mol. The van der Waals surface area contributed by atoms with Crippen LogP contribution in [0.25, 0.3) is 0 Å². The zero-order valence-electron chi connectivity index (χ0n) is 17.5. The zero-order chi connectivity index (χ0) is 24.0. The number of hydrogen-bond donors (Lipinski definition) is 2. The third-order valence-electron chi connectivity index (χ3n) is 4.08. The van der Waals surface area contributed by atoms with Crippen LogP contribution in [0.1, 0.15) is 30.9 Å². The molecule has 0 radical (unpaired) electrons. The second-order valence-corrected chi connectivity index (χ2v) is 8.23. The summed E-state index contributed by atoms with van der Waals surface area (Å²) in [4.78, 5) is 11.3. The summed E-state index contributed by atoms with van der Waals surface area (Å²) in [5, 5.41) is 0. The van der Waals surface area contributed by atoms with Crippen molar-refractivity contribution >= 4 is 26.8 Å². The van der Waals surface area contributed by atoms with E-state index in [-0.39, 0.29) is 24.0 Å². The molecule has 14 heteroatoms. The Hall–Kier alpha value is -2.55. The molecular weight excluding hydrogens is 460 g/mol. The Morgan fingerprint density at radius 3 is 1.81 bits per heavy atom. The monoisotopic (exact) mass is 484 g/mol. The van der Waals surface area contributed by atoms with Gasteiger partial charge in [-0.3, -0.25) is 13.9 Å². The Kier molecular flexibility index (Phi) is 9.10. The largest absolute Gasteiger partial charge is 0.490 e. The number of benzene rings is 1. The van der Waals surface area contributed by atoms with E-state index in [4.69, 9.17) is 14.0 Å². The van der Waals surface area contributed by atoms with Crippen molar-refractivity contribution in [3.63, 3.8) is 0 Å². The number of allylic oxidation sites excluding steroid dienone is 2. The lowest BCUT2D eigenvalue weighted by Crippen LogP contribution is -2.14. The molecule has 0 heterocycles. The first-order valence-corrected chi connectivity index (χ1v) is 11.3. The first-order valence-electron chi connectivity index (χ1n) is 8.57. The molecule has 0 spiro atoms. The molecule has 12 nitrogen and oxygen atoms in total. The van der Waals surface area contributed by atoms with Crippen LogP contribution in [0.4, 0.5) is 0 Å². The Labute approximate surface area is 180 Å². The Balaban J connectivity index is 3.67. The lowest BCUT2D eigenvalue weighted by Gasteiger charge is -2.21. The molecule has 0 bridgehead atoms. The van der Waals surface area contributed by atoms with Gasteiger partial charge in [-0.1, -0.05) is 11.6 Å². The van der Waals surface area contributed by atoms with Crippen LogP contribution >= 0.6 is 0 Å². The molecule has 0 fully saturated rings. The topological polar surface area (TPSA) is 172 Å². The van der Waals surface area contributed by atoms with E-state index in [0.717, 1.165) is 19.8 Å². The number of methoxy groups -OCH3 is 3. The van der Waals surface area contributed by atoms with Gasteiger partial charge in [0.15, 0.2) is 11.5 Å². The van der Waals surface area contributed by atoms with E-state index in [1.54, 1.807) is 13.0 Å². The summed E-state index contributed by atoms with van der Waals surface area (Å²) < 4.78 is 87.7. The summed E-state index contributed by atoms with van der Waals surface area (Å²) in [6.45, 7) is 3.06. The van der Waals surface area contributed by atoms with Crippen LogP contribution in [0, 0.1) is 6.92 Å². The summed E-state index contributed by atoms with van der Waals surface area (Å²) in [6, 6.07) is 0. The number of ether oxygens (including phenoxy) is 3. The van der Waals surface area contributed by atoms with Gasteiger partial charge in [0.2, 0.25) is 11.5 Å². The highest BCUT2D eigenvalue weighted by molar-refractivity contribution is 7.81. The molecule has 0 aliphatic carbocycles. The van der Waals surface area contributed by atoms with Crippen molar-refractivity contribution in [1.82, 2.24) is 0 Å². The zero-order valence-corrected chi connectivity index (χ0v) is 19.1. The van der Waals surface area contributed by atoms with Crippen LogP contribution in [0.3, 0.4) is 0 Å². The van der Waals surface area contributed by atoms with Gasteiger partial charge in [-0.2, -0.15) is 16.8 Å². The molecular formula is C17H24O12S2. The Morgan fingerprint density at radius 2 is 1.35 bits per heavy atom. The van der Waals surface area contributed by atoms with E-state index >= 15 is 0 Å². The van der Waals surface area contributed by atoms with Crippen molar-refractivity contribution in [3.8, 4) is 23.0 Å². The average Bonchev–Trinajstić information content (AvgIpc) is 2.65. The summed E-state index contributed by atoms with van der Waals surface area (Å²) in [5.41, 5.74) is 0.784. The lowest BCUT2D eigenvalue weighted by atomic mass is 9.99. The molecule has 0 amide bonds. The smallest absolute Gasteiger partial charge is 0.446 e. The van der Waals surface area contributed by atoms with Gasteiger partial charge in [-0.25, -0.2) is 0 Å². The standard InChI is InChI=1S/C17H24O12S2/c1-10(7-9-13(18)25-3)6-8-12-11(2)14(28-30(19,20)21)16(26-4)17(27-5)15(12)29-31(22,23)24/h6H,7-9H2,1-5H3,(H,19,20,21)(H,22,23,24)/b10-6+. The number of esters is 1. The van der Waals surface area contributed by atoms with Crippen molar-refractivity contribution in [2.75, 3.05) is 21.3 Å². The van der Waals surface area contributed by atoms with E-state index in [9.17, 15) is 26.2 Å². The van der Waals surface area contributed by atoms with Crippen LogP contribution < -0.4 is 17.8 Å². The summed E-state index contributed by atoms with van der Waals surface area (Å²) in [7, 11) is -6.52. The second kappa shape index (κ2) is 10.7. The van der Waals surface area contributed by atoms with Crippen LogP contribution in [0.15, 0.2) is 11.6 Å². The number of carbonyl (C=O) groups excluding carboxylic acids is 1. The fourth-order valence-electron chi connectivity index (χ4n) is 2.62. The van der Waals surface area contributed by atoms with Crippen LogP contribution in [0.5, 0.6) is 23.0 Å². The van der Waals surface area contributed by atoms with Gasteiger partial charge in [0, 0.05) is 17.5 Å². The summed E-state index contributed by atoms with van der Waals surface area (Å²) >= 11 is 0. The minimum atomic E-state index is -5.01. The molecule has 2 N–H and O–H groups in total. The third kappa shape index (κ3) is 7.90. The molecule has 176 valence electrons. The highest BCUT2D eigenvalue weighted by atomic mass is 32.3. The molecule has 0 aliphatic rings. The molecule has 31 heavy (non-hydrogen) atoms. The maximum atomic E-state index is 11.4. The SMILES string of the molecule is COC(=O)CC/C(C)=C/Cc1c(C)c(OS(=O)(=O)O)c(OC)c(OC)c1OS(=O)(=O)O. The minimum absolute atomic E-state index is 0.0194. The number of hydrogen-bond acceptors (Lipinski definition) is 10. The maximum absolute atomic E-state index is 11.4. The molecule has 1 aromatic carbocycles. The van der Waals surface area contributed by atoms with E-state index < -0.39 is 49.8 Å². The maximum Gasteiger partial charge on any atom is 0.446 e. The normalized spacial score (nSPS) is 12.3. The number of rotatable bonds is 11. The van der Waals surface area contributed by atoms with Gasteiger partial charge >= 0.3 is 26.8 Å². The van der Waals surface area contributed by atoms with Crippen molar-refractivity contribution in [3.05, 3.63) is 22.8 Å². The third-order valence-corrected chi connectivity index (χ3v) is 4.83.